The minimum atomic E-state index is -1.25. The summed E-state index contributed by atoms with van der Waals surface area (Å²) in [5, 5.41) is 33.2. The quantitative estimate of drug-likeness (QED) is 0.262. The van der Waals surface area contributed by atoms with Crippen LogP contribution in [0.4, 0.5) is 5.69 Å². The Morgan fingerprint density at radius 1 is 1.50 bits per heavy atom. The Kier molecular flexibility index (Phi) is 5.06. The van der Waals surface area contributed by atoms with E-state index in [-0.39, 0.29) is 24.2 Å². The fraction of sp³-hybridized carbons (Fsp3) is 0.400. The summed E-state index contributed by atoms with van der Waals surface area (Å²) in [6, 6.07) is 5.40. The molecule has 0 saturated carbocycles. The fourth-order valence-corrected chi connectivity index (χ4v) is 1.44. The number of azide groups is 1. The van der Waals surface area contributed by atoms with Crippen molar-refractivity contribution in [2.24, 2.45) is 5.11 Å². The Balaban J connectivity index is 2.76. The minimum absolute atomic E-state index is 0.0453. The number of aliphatic hydroxyl groups is 2. The highest BCUT2D eigenvalue weighted by atomic mass is 16.6. The third-order valence-corrected chi connectivity index (χ3v) is 2.38. The zero-order chi connectivity index (χ0) is 13.5. The number of aliphatic hydroxyl groups excluding tert-OH is 2. The van der Waals surface area contributed by atoms with Gasteiger partial charge in [0.25, 0.3) is 5.69 Å². The molecule has 2 atom stereocenters. The highest BCUT2D eigenvalue weighted by Gasteiger charge is 2.19. The fourth-order valence-electron chi connectivity index (χ4n) is 1.44. The minimum Gasteiger partial charge on any atom is -0.390 e. The van der Waals surface area contributed by atoms with Crippen molar-refractivity contribution < 1.29 is 15.1 Å². The molecule has 0 aromatic heterocycles. The molecular formula is C10H12N4O4. The molecule has 8 heteroatoms. The van der Waals surface area contributed by atoms with Crippen LogP contribution in [-0.4, -0.2) is 27.8 Å². The zero-order valence-corrected chi connectivity index (χ0v) is 9.38. The van der Waals surface area contributed by atoms with Crippen molar-refractivity contribution in [3.05, 3.63) is 50.4 Å². The summed E-state index contributed by atoms with van der Waals surface area (Å²) in [5.74, 6) is 0. The first-order valence-corrected chi connectivity index (χ1v) is 5.17. The molecule has 8 nitrogen and oxygen atoms in total. The van der Waals surface area contributed by atoms with Crippen LogP contribution >= 0.6 is 0 Å². The van der Waals surface area contributed by atoms with Crippen LogP contribution in [0.3, 0.4) is 0 Å². The third-order valence-electron chi connectivity index (χ3n) is 2.38. The maximum absolute atomic E-state index is 10.6. The van der Waals surface area contributed by atoms with Crippen LogP contribution in [0.1, 0.15) is 18.1 Å². The van der Waals surface area contributed by atoms with Gasteiger partial charge in [0.1, 0.15) is 6.10 Å². The molecule has 0 bridgehead atoms. The molecule has 0 spiro atoms. The van der Waals surface area contributed by atoms with Gasteiger partial charge in [0.15, 0.2) is 0 Å². The molecule has 2 N–H and O–H groups in total. The number of nitrogens with zero attached hydrogens (tertiary/aromatic N) is 4. The second kappa shape index (κ2) is 6.55. The van der Waals surface area contributed by atoms with Gasteiger partial charge in [-0.1, -0.05) is 17.2 Å². The van der Waals surface area contributed by atoms with Crippen LogP contribution in [0.25, 0.3) is 10.4 Å². The number of nitro benzene ring substituents is 1. The van der Waals surface area contributed by atoms with Gasteiger partial charge in [-0.3, -0.25) is 10.1 Å². The van der Waals surface area contributed by atoms with Gasteiger partial charge in [-0.2, -0.15) is 0 Å². The molecule has 0 radical (unpaired) electrons. The Labute approximate surface area is 102 Å². The largest absolute Gasteiger partial charge is 0.390 e. The summed E-state index contributed by atoms with van der Waals surface area (Å²) in [4.78, 5) is 12.5. The molecule has 1 aromatic rings. The first kappa shape index (κ1) is 13.9. The monoisotopic (exact) mass is 252 g/mol. The number of nitro groups is 1. The number of hydrogen-bond acceptors (Lipinski definition) is 5. The van der Waals surface area contributed by atoms with Crippen molar-refractivity contribution in [2.45, 2.75) is 18.6 Å². The molecule has 0 amide bonds. The SMILES string of the molecule is [N-]=[N+]=NCCC(O)C(O)c1cccc([N+](=O)[O-])c1. The van der Waals surface area contributed by atoms with Crippen LogP contribution in [0.5, 0.6) is 0 Å². The molecule has 0 aliphatic heterocycles. The van der Waals surface area contributed by atoms with Gasteiger partial charge in [0.05, 0.1) is 11.0 Å². The normalized spacial score (nSPS) is 13.4. The van der Waals surface area contributed by atoms with E-state index in [1.165, 1.54) is 24.3 Å². The van der Waals surface area contributed by atoms with Crippen molar-refractivity contribution >= 4 is 5.69 Å². The van der Waals surface area contributed by atoms with Crippen LogP contribution in [0, 0.1) is 10.1 Å². The third kappa shape index (κ3) is 3.70. The van der Waals surface area contributed by atoms with Crippen LogP contribution in [-0.2, 0) is 0 Å². The van der Waals surface area contributed by atoms with Crippen LogP contribution in [0.2, 0.25) is 0 Å². The van der Waals surface area contributed by atoms with Crippen molar-refractivity contribution in [2.75, 3.05) is 6.54 Å². The maximum atomic E-state index is 10.6. The number of rotatable bonds is 6. The molecule has 0 heterocycles. The zero-order valence-electron chi connectivity index (χ0n) is 9.38. The highest BCUT2D eigenvalue weighted by molar-refractivity contribution is 5.35. The van der Waals surface area contributed by atoms with Gasteiger partial charge < -0.3 is 10.2 Å². The van der Waals surface area contributed by atoms with E-state index in [1.54, 1.807) is 0 Å². The van der Waals surface area contributed by atoms with E-state index in [1.807, 2.05) is 0 Å². The Bertz CT molecular complexity index is 473. The first-order chi connectivity index (χ1) is 8.56. The Hall–Kier alpha value is -2.15. The van der Waals surface area contributed by atoms with Crippen molar-refractivity contribution in [3.63, 3.8) is 0 Å². The summed E-state index contributed by atoms with van der Waals surface area (Å²) in [6.07, 6.45) is -2.32. The van der Waals surface area contributed by atoms with E-state index in [2.05, 4.69) is 10.0 Å². The summed E-state index contributed by atoms with van der Waals surface area (Å²) in [7, 11) is 0. The molecule has 0 aliphatic carbocycles. The molecule has 1 rings (SSSR count). The molecule has 96 valence electrons. The van der Waals surface area contributed by atoms with Gasteiger partial charge in [0.2, 0.25) is 0 Å². The molecular weight excluding hydrogens is 240 g/mol. The lowest BCUT2D eigenvalue weighted by atomic mass is 10.0. The van der Waals surface area contributed by atoms with E-state index in [0.717, 1.165) is 0 Å². The number of benzene rings is 1. The average molecular weight is 252 g/mol. The number of hydrogen-bond donors (Lipinski definition) is 2. The second-order valence-corrected chi connectivity index (χ2v) is 3.61. The lowest BCUT2D eigenvalue weighted by Crippen LogP contribution is -2.19. The van der Waals surface area contributed by atoms with Gasteiger partial charge >= 0.3 is 0 Å². The van der Waals surface area contributed by atoms with E-state index in [0.29, 0.717) is 0 Å². The molecule has 18 heavy (non-hydrogen) atoms. The summed E-state index contributed by atoms with van der Waals surface area (Å²) in [5.41, 5.74) is 8.16. The summed E-state index contributed by atoms with van der Waals surface area (Å²) < 4.78 is 0. The molecule has 1 aromatic carbocycles. The van der Waals surface area contributed by atoms with Crippen molar-refractivity contribution in [3.8, 4) is 0 Å². The topological polar surface area (TPSA) is 132 Å². The van der Waals surface area contributed by atoms with Crippen LogP contribution in [0.15, 0.2) is 29.4 Å². The van der Waals surface area contributed by atoms with Gasteiger partial charge in [-0.05, 0) is 17.5 Å². The molecule has 0 aliphatic rings. The lowest BCUT2D eigenvalue weighted by Gasteiger charge is -2.16. The van der Waals surface area contributed by atoms with E-state index >= 15 is 0 Å². The van der Waals surface area contributed by atoms with Crippen molar-refractivity contribution in [1.29, 1.82) is 0 Å². The molecule has 0 fully saturated rings. The molecule has 2 unspecified atom stereocenters. The van der Waals surface area contributed by atoms with Crippen LogP contribution < -0.4 is 0 Å². The highest BCUT2D eigenvalue weighted by Crippen LogP contribution is 2.22. The standard InChI is InChI=1S/C10H12N4O4/c11-13-12-5-4-9(15)10(16)7-2-1-3-8(6-7)14(17)18/h1-3,6,9-10,15-16H,4-5H2. The van der Waals surface area contributed by atoms with E-state index in [4.69, 9.17) is 5.53 Å². The Morgan fingerprint density at radius 2 is 2.22 bits per heavy atom. The van der Waals surface area contributed by atoms with Gasteiger partial charge in [-0.25, -0.2) is 0 Å². The first-order valence-electron chi connectivity index (χ1n) is 5.17. The predicted molar refractivity (Wildman–Crippen MR) is 62.7 cm³/mol. The average Bonchev–Trinajstić information content (AvgIpc) is 2.38. The predicted octanol–water partition coefficient (Wildman–Crippen LogP) is 1.69. The summed E-state index contributed by atoms with van der Waals surface area (Å²) >= 11 is 0. The Morgan fingerprint density at radius 3 is 2.83 bits per heavy atom. The van der Waals surface area contributed by atoms with Gasteiger partial charge in [-0.15, -0.1) is 0 Å². The summed E-state index contributed by atoms with van der Waals surface area (Å²) in [6.45, 7) is 0.0453. The second-order valence-electron chi connectivity index (χ2n) is 3.61. The van der Waals surface area contributed by atoms with E-state index < -0.39 is 17.1 Å². The smallest absolute Gasteiger partial charge is 0.269 e. The number of non-ortho nitro benzene ring substituents is 1. The van der Waals surface area contributed by atoms with Gasteiger partial charge in [0, 0.05) is 23.6 Å². The lowest BCUT2D eigenvalue weighted by molar-refractivity contribution is -0.385. The maximum Gasteiger partial charge on any atom is 0.269 e. The van der Waals surface area contributed by atoms with E-state index in [9.17, 15) is 20.3 Å². The molecule has 0 saturated heterocycles. The van der Waals surface area contributed by atoms with Crippen molar-refractivity contribution in [1.82, 2.24) is 0 Å².